The summed E-state index contributed by atoms with van der Waals surface area (Å²) in [6, 6.07) is 13.6. The van der Waals surface area contributed by atoms with Gasteiger partial charge in [-0.15, -0.1) is 0 Å². The Kier molecular flexibility index (Phi) is 4.97. The number of para-hydroxylation sites is 1. The van der Waals surface area contributed by atoms with Crippen molar-refractivity contribution in [2.45, 2.75) is 19.0 Å². The average Bonchev–Trinajstić information content (AvgIpc) is 3.16. The molecule has 6 nitrogen and oxygen atoms in total. The molecule has 1 atom stereocenters. The van der Waals surface area contributed by atoms with Gasteiger partial charge >= 0.3 is 6.03 Å². The molecule has 0 aliphatic carbocycles. The minimum Gasteiger partial charge on any atom is -0.367 e. The summed E-state index contributed by atoms with van der Waals surface area (Å²) in [5, 5.41) is 7.19. The third-order valence-electron chi connectivity index (χ3n) is 5.05. The first-order chi connectivity index (χ1) is 13.6. The molecule has 0 spiro atoms. The van der Waals surface area contributed by atoms with Crippen LogP contribution in [0.3, 0.4) is 0 Å². The number of rotatable bonds is 4. The number of aromatic amines is 1. The Labute approximate surface area is 161 Å². The molecule has 2 heterocycles. The van der Waals surface area contributed by atoms with Crippen LogP contribution in [-0.4, -0.2) is 30.1 Å². The number of hydrogen-bond donors (Lipinski definition) is 3. The van der Waals surface area contributed by atoms with Crippen LogP contribution in [0.4, 0.5) is 14.9 Å². The number of hydrogen-bond acceptors (Lipinski definition) is 3. The first-order valence-corrected chi connectivity index (χ1v) is 9.25. The fraction of sp³-hybridized carbons (Fsp3) is 0.238. The van der Waals surface area contributed by atoms with Gasteiger partial charge in [0.25, 0.3) is 5.56 Å². The number of carbonyl (C=O) groups is 1. The van der Waals surface area contributed by atoms with Crippen molar-refractivity contribution < 1.29 is 9.18 Å². The Bertz CT molecular complexity index is 1070. The number of H-pyrrole nitrogens is 1. The van der Waals surface area contributed by atoms with E-state index in [0.29, 0.717) is 30.7 Å². The minimum absolute atomic E-state index is 0.0491. The lowest BCUT2D eigenvalue weighted by atomic mass is 10.1. The molecule has 3 N–H and O–H groups in total. The summed E-state index contributed by atoms with van der Waals surface area (Å²) in [4.78, 5) is 28.8. The Balaban J connectivity index is 1.35. The topological polar surface area (TPSA) is 77.2 Å². The normalized spacial score (nSPS) is 16.3. The highest BCUT2D eigenvalue weighted by molar-refractivity contribution is 5.85. The van der Waals surface area contributed by atoms with E-state index in [2.05, 4.69) is 15.6 Å². The number of urea groups is 1. The zero-order valence-electron chi connectivity index (χ0n) is 15.2. The van der Waals surface area contributed by atoms with Crippen molar-refractivity contribution in [3.05, 3.63) is 76.5 Å². The monoisotopic (exact) mass is 380 g/mol. The van der Waals surface area contributed by atoms with Crippen LogP contribution in [0.15, 0.2) is 59.5 Å². The number of nitrogens with zero attached hydrogens (tertiary/aromatic N) is 1. The second kappa shape index (κ2) is 7.72. The summed E-state index contributed by atoms with van der Waals surface area (Å²) in [6.07, 6.45) is 2.38. The second-order valence-corrected chi connectivity index (χ2v) is 6.90. The van der Waals surface area contributed by atoms with Gasteiger partial charge in [-0.25, -0.2) is 9.18 Å². The van der Waals surface area contributed by atoms with Gasteiger partial charge in [0.2, 0.25) is 0 Å². The molecule has 28 heavy (non-hydrogen) atoms. The SMILES string of the molecule is O=C(NCc1c[nH]c(=O)c2ccccc12)NC1CCN(c2ccccc2F)C1. The predicted octanol–water partition coefficient (Wildman–Crippen LogP) is 2.75. The van der Waals surface area contributed by atoms with Crippen LogP contribution >= 0.6 is 0 Å². The van der Waals surface area contributed by atoms with Crippen molar-refractivity contribution in [2.24, 2.45) is 0 Å². The van der Waals surface area contributed by atoms with Crippen molar-refractivity contribution >= 4 is 22.5 Å². The van der Waals surface area contributed by atoms with E-state index >= 15 is 0 Å². The molecule has 1 saturated heterocycles. The van der Waals surface area contributed by atoms with Crippen molar-refractivity contribution in [3.8, 4) is 0 Å². The van der Waals surface area contributed by atoms with E-state index in [1.807, 2.05) is 23.1 Å². The molecular formula is C21H21FN4O2. The molecule has 1 aliphatic heterocycles. The summed E-state index contributed by atoms with van der Waals surface area (Å²) in [5.41, 5.74) is 1.25. The molecule has 0 radical (unpaired) electrons. The summed E-state index contributed by atoms with van der Waals surface area (Å²) >= 11 is 0. The molecule has 1 fully saturated rings. The van der Waals surface area contributed by atoms with Gasteiger partial charge in [-0.05, 0) is 35.6 Å². The van der Waals surface area contributed by atoms with Crippen LogP contribution in [0.5, 0.6) is 0 Å². The Morgan fingerprint density at radius 3 is 2.71 bits per heavy atom. The van der Waals surface area contributed by atoms with Gasteiger partial charge in [-0.2, -0.15) is 0 Å². The maximum atomic E-state index is 13.9. The lowest BCUT2D eigenvalue weighted by Crippen LogP contribution is -2.43. The maximum Gasteiger partial charge on any atom is 0.315 e. The fourth-order valence-corrected chi connectivity index (χ4v) is 3.63. The largest absolute Gasteiger partial charge is 0.367 e. The number of nitrogens with one attached hydrogen (secondary N) is 3. The van der Waals surface area contributed by atoms with E-state index in [1.165, 1.54) is 6.07 Å². The average molecular weight is 380 g/mol. The Hall–Kier alpha value is -3.35. The van der Waals surface area contributed by atoms with Crippen molar-refractivity contribution in [2.75, 3.05) is 18.0 Å². The van der Waals surface area contributed by atoms with Crippen molar-refractivity contribution in [3.63, 3.8) is 0 Å². The van der Waals surface area contributed by atoms with Gasteiger partial charge < -0.3 is 20.5 Å². The summed E-state index contributed by atoms with van der Waals surface area (Å²) in [6.45, 7) is 1.55. The van der Waals surface area contributed by atoms with E-state index in [1.54, 1.807) is 30.5 Å². The minimum atomic E-state index is -0.282. The molecule has 144 valence electrons. The fourth-order valence-electron chi connectivity index (χ4n) is 3.63. The number of pyridine rings is 1. The molecule has 1 aromatic heterocycles. The van der Waals surface area contributed by atoms with E-state index < -0.39 is 0 Å². The van der Waals surface area contributed by atoms with Crippen LogP contribution in [0, 0.1) is 5.82 Å². The molecule has 1 unspecified atom stereocenters. The summed E-state index contributed by atoms with van der Waals surface area (Å²) < 4.78 is 13.9. The standard InChI is InChI=1S/C21H21FN4O2/c22-18-7-3-4-8-19(18)26-10-9-15(13-26)25-21(28)24-12-14-11-23-20(27)17-6-2-1-5-16(14)17/h1-8,11,15H,9-10,12-13H2,(H,23,27)(H2,24,25,28). The van der Waals surface area contributed by atoms with Gasteiger partial charge in [0.05, 0.1) is 5.69 Å². The molecule has 0 bridgehead atoms. The van der Waals surface area contributed by atoms with E-state index in [9.17, 15) is 14.0 Å². The molecule has 2 amide bonds. The smallest absolute Gasteiger partial charge is 0.315 e. The number of amides is 2. The second-order valence-electron chi connectivity index (χ2n) is 6.90. The first-order valence-electron chi connectivity index (χ1n) is 9.25. The Morgan fingerprint density at radius 2 is 1.89 bits per heavy atom. The third kappa shape index (κ3) is 3.69. The van der Waals surface area contributed by atoms with Crippen LogP contribution in [0.25, 0.3) is 10.8 Å². The molecule has 3 aromatic rings. The summed E-state index contributed by atoms with van der Waals surface area (Å²) in [7, 11) is 0. The molecule has 2 aromatic carbocycles. The first kappa shape index (κ1) is 18.0. The lowest BCUT2D eigenvalue weighted by molar-refractivity contribution is 0.237. The molecule has 7 heteroatoms. The zero-order chi connectivity index (χ0) is 19.5. The molecule has 0 saturated carbocycles. The number of halogens is 1. The number of anilines is 1. The van der Waals surface area contributed by atoms with Crippen LogP contribution < -0.4 is 21.1 Å². The maximum absolute atomic E-state index is 13.9. The molecule has 1 aliphatic rings. The third-order valence-corrected chi connectivity index (χ3v) is 5.05. The van der Waals surface area contributed by atoms with Crippen LogP contribution in [-0.2, 0) is 6.54 Å². The highest BCUT2D eigenvalue weighted by Gasteiger charge is 2.25. The predicted molar refractivity (Wildman–Crippen MR) is 107 cm³/mol. The van der Waals surface area contributed by atoms with E-state index in [0.717, 1.165) is 17.4 Å². The van der Waals surface area contributed by atoms with Crippen molar-refractivity contribution in [1.29, 1.82) is 0 Å². The van der Waals surface area contributed by atoms with Gasteiger partial charge in [-0.3, -0.25) is 4.79 Å². The van der Waals surface area contributed by atoms with Gasteiger partial charge in [-0.1, -0.05) is 30.3 Å². The van der Waals surface area contributed by atoms with Gasteiger partial charge in [0, 0.05) is 37.3 Å². The Morgan fingerprint density at radius 1 is 1.14 bits per heavy atom. The highest BCUT2D eigenvalue weighted by atomic mass is 19.1. The van der Waals surface area contributed by atoms with Crippen LogP contribution in [0.2, 0.25) is 0 Å². The van der Waals surface area contributed by atoms with E-state index in [-0.39, 0.29) is 23.4 Å². The quantitative estimate of drug-likeness (QED) is 0.651. The molecular weight excluding hydrogens is 359 g/mol. The number of fused-ring (bicyclic) bond motifs is 1. The summed E-state index contributed by atoms with van der Waals surface area (Å²) in [5.74, 6) is -0.252. The highest BCUT2D eigenvalue weighted by Crippen LogP contribution is 2.23. The number of benzene rings is 2. The van der Waals surface area contributed by atoms with Crippen molar-refractivity contribution in [1.82, 2.24) is 15.6 Å². The molecule has 4 rings (SSSR count). The number of carbonyl (C=O) groups excluding carboxylic acids is 1. The zero-order valence-corrected chi connectivity index (χ0v) is 15.2. The van der Waals surface area contributed by atoms with Gasteiger partial charge in [0.15, 0.2) is 0 Å². The van der Waals surface area contributed by atoms with E-state index in [4.69, 9.17) is 0 Å². The van der Waals surface area contributed by atoms with Gasteiger partial charge in [0.1, 0.15) is 5.82 Å². The number of aromatic nitrogens is 1. The lowest BCUT2D eigenvalue weighted by Gasteiger charge is -2.19. The van der Waals surface area contributed by atoms with Crippen LogP contribution in [0.1, 0.15) is 12.0 Å².